The summed E-state index contributed by atoms with van der Waals surface area (Å²) >= 11 is 0. The number of hydrogen-bond donors (Lipinski definition) is 1. The second-order valence-electron chi connectivity index (χ2n) is 2.81. The molecule has 0 aliphatic rings. The van der Waals surface area contributed by atoms with Crippen LogP contribution in [0.5, 0.6) is 0 Å². The topological polar surface area (TPSA) is 51.5 Å². The van der Waals surface area contributed by atoms with Crippen LogP contribution in [0, 0.1) is 0 Å². The van der Waals surface area contributed by atoms with Crippen molar-refractivity contribution >= 4 is 5.91 Å². The Morgan fingerprint density at radius 3 is 3.08 bits per heavy atom. The molecule has 1 N–H and O–H groups in total. The molecule has 0 aliphatic heterocycles. The van der Waals surface area contributed by atoms with Crippen LogP contribution in [-0.2, 0) is 4.74 Å². The summed E-state index contributed by atoms with van der Waals surface area (Å²) < 4.78 is 9.80. The van der Waals surface area contributed by atoms with E-state index < -0.39 is 0 Å². The SMILES string of the molecule is COC[C@@H](C)NC(=O)c1ccco1. The van der Waals surface area contributed by atoms with Gasteiger partial charge in [0.05, 0.1) is 12.9 Å². The van der Waals surface area contributed by atoms with Gasteiger partial charge in [-0.25, -0.2) is 0 Å². The number of amides is 1. The Balaban J connectivity index is 2.42. The molecule has 72 valence electrons. The maximum atomic E-state index is 11.3. The van der Waals surface area contributed by atoms with Crippen molar-refractivity contribution in [3.05, 3.63) is 24.2 Å². The highest BCUT2D eigenvalue weighted by molar-refractivity contribution is 5.91. The lowest BCUT2D eigenvalue weighted by Gasteiger charge is -2.10. The van der Waals surface area contributed by atoms with Crippen LogP contribution in [-0.4, -0.2) is 25.7 Å². The zero-order valence-corrected chi connectivity index (χ0v) is 7.74. The lowest BCUT2D eigenvalue weighted by atomic mass is 10.3. The Morgan fingerprint density at radius 1 is 1.77 bits per heavy atom. The average molecular weight is 183 g/mol. The van der Waals surface area contributed by atoms with Crippen molar-refractivity contribution in [2.45, 2.75) is 13.0 Å². The van der Waals surface area contributed by atoms with E-state index in [0.717, 1.165) is 0 Å². The molecule has 13 heavy (non-hydrogen) atoms. The maximum Gasteiger partial charge on any atom is 0.287 e. The second kappa shape index (κ2) is 4.67. The summed E-state index contributed by atoms with van der Waals surface area (Å²) in [5.74, 6) is 0.109. The molecule has 0 radical (unpaired) electrons. The molecule has 0 aromatic carbocycles. The van der Waals surface area contributed by atoms with Gasteiger partial charge in [-0.1, -0.05) is 0 Å². The minimum absolute atomic E-state index is 0.0115. The molecule has 1 amide bonds. The molecule has 0 unspecified atom stereocenters. The van der Waals surface area contributed by atoms with Crippen molar-refractivity contribution in [2.75, 3.05) is 13.7 Å². The van der Waals surface area contributed by atoms with E-state index in [1.165, 1.54) is 6.26 Å². The normalized spacial score (nSPS) is 12.5. The Morgan fingerprint density at radius 2 is 2.54 bits per heavy atom. The van der Waals surface area contributed by atoms with E-state index in [-0.39, 0.29) is 11.9 Å². The number of rotatable bonds is 4. The number of methoxy groups -OCH3 is 1. The first-order valence-corrected chi connectivity index (χ1v) is 4.07. The summed E-state index contributed by atoms with van der Waals surface area (Å²) in [6, 6.07) is 3.28. The smallest absolute Gasteiger partial charge is 0.287 e. The summed E-state index contributed by atoms with van der Waals surface area (Å²) in [7, 11) is 1.59. The van der Waals surface area contributed by atoms with Crippen molar-refractivity contribution in [1.29, 1.82) is 0 Å². The molecule has 0 saturated carbocycles. The molecule has 0 aliphatic carbocycles. The Kier molecular flexibility index (Phi) is 3.52. The lowest BCUT2D eigenvalue weighted by molar-refractivity contribution is 0.0878. The van der Waals surface area contributed by atoms with Crippen LogP contribution in [0.15, 0.2) is 22.8 Å². The minimum Gasteiger partial charge on any atom is -0.459 e. The van der Waals surface area contributed by atoms with Gasteiger partial charge >= 0.3 is 0 Å². The molecular weight excluding hydrogens is 170 g/mol. The summed E-state index contributed by atoms with van der Waals surface area (Å²) in [5, 5.41) is 2.73. The predicted molar refractivity (Wildman–Crippen MR) is 47.5 cm³/mol. The Labute approximate surface area is 76.9 Å². The molecule has 1 heterocycles. The van der Waals surface area contributed by atoms with Crippen LogP contribution >= 0.6 is 0 Å². The van der Waals surface area contributed by atoms with Gasteiger partial charge in [-0.15, -0.1) is 0 Å². The van der Waals surface area contributed by atoms with Crippen LogP contribution in [0.3, 0.4) is 0 Å². The van der Waals surface area contributed by atoms with E-state index in [1.54, 1.807) is 19.2 Å². The number of carbonyl (C=O) groups is 1. The quantitative estimate of drug-likeness (QED) is 0.758. The Hall–Kier alpha value is -1.29. The van der Waals surface area contributed by atoms with E-state index in [4.69, 9.17) is 9.15 Å². The van der Waals surface area contributed by atoms with Crippen molar-refractivity contribution in [3.63, 3.8) is 0 Å². The third-order valence-electron chi connectivity index (χ3n) is 1.54. The van der Waals surface area contributed by atoms with Crippen LogP contribution in [0.4, 0.5) is 0 Å². The monoisotopic (exact) mass is 183 g/mol. The van der Waals surface area contributed by atoms with Crippen molar-refractivity contribution < 1.29 is 13.9 Å². The molecule has 0 bridgehead atoms. The largest absolute Gasteiger partial charge is 0.459 e. The standard InChI is InChI=1S/C9H13NO3/c1-7(6-12-2)10-9(11)8-4-3-5-13-8/h3-5,7H,6H2,1-2H3,(H,10,11)/t7-/m1/s1. The molecule has 4 heteroatoms. The number of furan rings is 1. The molecule has 0 fully saturated rings. The molecule has 1 rings (SSSR count). The molecule has 0 saturated heterocycles. The van der Waals surface area contributed by atoms with Gasteiger partial charge in [-0.3, -0.25) is 4.79 Å². The van der Waals surface area contributed by atoms with Gasteiger partial charge in [0, 0.05) is 13.2 Å². The highest BCUT2D eigenvalue weighted by Gasteiger charge is 2.10. The molecule has 4 nitrogen and oxygen atoms in total. The van der Waals surface area contributed by atoms with Crippen molar-refractivity contribution in [2.24, 2.45) is 0 Å². The third-order valence-corrected chi connectivity index (χ3v) is 1.54. The van der Waals surface area contributed by atoms with Gasteiger partial charge in [0.2, 0.25) is 0 Å². The molecule has 1 aromatic rings. The van der Waals surface area contributed by atoms with Crippen LogP contribution in [0.2, 0.25) is 0 Å². The summed E-state index contributed by atoms with van der Waals surface area (Å²) in [4.78, 5) is 11.3. The van der Waals surface area contributed by atoms with Crippen molar-refractivity contribution in [1.82, 2.24) is 5.32 Å². The summed E-state index contributed by atoms with van der Waals surface area (Å²) in [6.45, 7) is 2.36. The minimum atomic E-state index is -0.213. The van der Waals surface area contributed by atoms with Crippen LogP contribution in [0.25, 0.3) is 0 Å². The van der Waals surface area contributed by atoms with Gasteiger partial charge in [-0.05, 0) is 19.1 Å². The lowest BCUT2D eigenvalue weighted by Crippen LogP contribution is -2.35. The fourth-order valence-electron chi connectivity index (χ4n) is 0.994. The highest BCUT2D eigenvalue weighted by atomic mass is 16.5. The first-order chi connectivity index (χ1) is 6.24. The van der Waals surface area contributed by atoms with Gasteiger partial charge in [0.1, 0.15) is 0 Å². The van der Waals surface area contributed by atoms with Crippen LogP contribution < -0.4 is 5.32 Å². The first kappa shape index (κ1) is 9.80. The van der Waals surface area contributed by atoms with E-state index >= 15 is 0 Å². The number of carbonyl (C=O) groups excluding carboxylic acids is 1. The van der Waals surface area contributed by atoms with Gasteiger partial charge in [0.15, 0.2) is 5.76 Å². The van der Waals surface area contributed by atoms with E-state index in [0.29, 0.717) is 12.4 Å². The predicted octanol–water partition coefficient (Wildman–Crippen LogP) is 1.04. The van der Waals surface area contributed by atoms with Crippen molar-refractivity contribution in [3.8, 4) is 0 Å². The van der Waals surface area contributed by atoms with E-state index in [1.807, 2.05) is 6.92 Å². The molecule has 1 aromatic heterocycles. The van der Waals surface area contributed by atoms with E-state index in [9.17, 15) is 4.79 Å². The van der Waals surface area contributed by atoms with Gasteiger partial charge < -0.3 is 14.5 Å². The van der Waals surface area contributed by atoms with Gasteiger partial charge in [0.25, 0.3) is 5.91 Å². The fourth-order valence-corrected chi connectivity index (χ4v) is 0.994. The first-order valence-electron chi connectivity index (χ1n) is 4.07. The van der Waals surface area contributed by atoms with Crippen LogP contribution in [0.1, 0.15) is 17.5 Å². The summed E-state index contributed by atoms with van der Waals surface area (Å²) in [5.41, 5.74) is 0. The number of ether oxygens (including phenoxy) is 1. The number of hydrogen-bond acceptors (Lipinski definition) is 3. The zero-order valence-electron chi connectivity index (χ0n) is 7.74. The zero-order chi connectivity index (χ0) is 9.68. The number of nitrogens with one attached hydrogen (secondary N) is 1. The fraction of sp³-hybridized carbons (Fsp3) is 0.444. The molecular formula is C9H13NO3. The third kappa shape index (κ3) is 2.91. The second-order valence-corrected chi connectivity index (χ2v) is 2.81. The maximum absolute atomic E-state index is 11.3. The van der Waals surface area contributed by atoms with E-state index in [2.05, 4.69) is 5.32 Å². The van der Waals surface area contributed by atoms with Gasteiger partial charge in [-0.2, -0.15) is 0 Å². The average Bonchev–Trinajstić information content (AvgIpc) is 2.55. The molecule has 1 atom stereocenters. The summed E-state index contributed by atoms with van der Waals surface area (Å²) in [6.07, 6.45) is 1.47. The Bertz CT molecular complexity index is 256. The highest BCUT2D eigenvalue weighted by Crippen LogP contribution is 1.99. The molecule has 0 spiro atoms.